The second kappa shape index (κ2) is 8.31. The maximum absolute atomic E-state index is 5.83. The van der Waals surface area contributed by atoms with E-state index in [4.69, 9.17) is 9.47 Å². The third-order valence-electron chi connectivity index (χ3n) is 4.46. The van der Waals surface area contributed by atoms with Gasteiger partial charge in [-0.1, -0.05) is 6.92 Å². The average molecular weight is 329 g/mol. The van der Waals surface area contributed by atoms with E-state index >= 15 is 0 Å². The van der Waals surface area contributed by atoms with Gasteiger partial charge in [0, 0.05) is 32.1 Å². The third-order valence-corrected chi connectivity index (χ3v) is 4.46. The molecule has 5 nitrogen and oxygen atoms in total. The van der Waals surface area contributed by atoms with Crippen molar-refractivity contribution in [2.45, 2.75) is 38.8 Å². The molecule has 1 saturated heterocycles. The van der Waals surface area contributed by atoms with E-state index in [-0.39, 0.29) is 0 Å². The van der Waals surface area contributed by atoms with Crippen LogP contribution in [0.2, 0.25) is 0 Å². The number of hydrogen-bond acceptors (Lipinski definition) is 4. The van der Waals surface area contributed by atoms with E-state index in [0.717, 1.165) is 44.1 Å². The average Bonchev–Trinajstić information content (AvgIpc) is 3.28. The highest BCUT2D eigenvalue weighted by Crippen LogP contribution is 2.23. The maximum atomic E-state index is 5.83. The van der Waals surface area contributed by atoms with Gasteiger partial charge in [-0.15, -0.1) is 0 Å². The Morgan fingerprint density at radius 3 is 3.00 bits per heavy atom. The molecule has 130 valence electrons. The van der Waals surface area contributed by atoms with Gasteiger partial charge in [0.2, 0.25) is 0 Å². The fourth-order valence-electron chi connectivity index (χ4n) is 3.32. The molecule has 24 heavy (non-hydrogen) atoms. The molecule has 2 aromatic rings. The van der Waals surface area contributed by atoms with Gasteiger partial charge < -0.3 is 9.47 Å². The summed E-state index contributed by atoms with van der Waals surface area (Å²) in [7, 11) is 1.71. The third kappa shape index (κ3) is 4.16. The summed E-state index contributed by atoms with van der Waals surface area (Å²) in [4.78, 5) is 2.48. The molecule has 1 aliphatic rings. The fraction of sp³-hybridized carbons (Fsp3) is 0.526. The summed E-state index contributed by atoms with van der Waals surface area (Å²) >= 11 is 0. The van der Waals surface area contributed by atoms with Crippen LogP contribution in [0.5, 0.6) is 5.75 Å². The molecular weight excluding hydrogens is 302 g/mol. The lowest BCUT2D eigenvalue weighted by atomic mass is 10.1. The summed E-state index contributed by atoms with van der Waals surface area (Å²) in [6.07, 6.45) is 7.65. The monoisotopic (exact) mass is 329 g/mol. The van der Waals surface area contributed by atoms with Gasteiger partial charge >= 0.3 is 0 Å². The molecular formula is C19H27N3O2. The van der Waals surface area contributed by atoms with E-state index in [0.29, 0.717) is 6.10 Å². The molecule has 1 aromatic carbocycles. The van der Waals surface area contributed by atoms with E-state index in [1.165, 1.54) is 18.4 Å². The van der Waals surface area contributed by atoms with Gasteiger partial charge in [0.25, 0.3) is 0 Å². The molecule has 1 atom stereocenters. The second-order valence-electron chi connectivity index (χ2n) is 6.32. The first-order valence-corrected chi connectivity index (χ1v) is 8.81. The van der Waals surface area contributed by atoms with Crippen LogP contribution in [-0.2, 0) is 11.3 Å². The normalized spacial score (nSPS) is 17.5. The second-order valence-corrected chi connectivity index (χ2v) is 6.32. The van der Waals surface area contributed by atoms with Crippen molar-refractivity contribution in [3.63, 3.8) is 0 Å². The summed E-state index contributed by atoms with van der Waals surface area (Å²) in [6.45, 7) is 6.06. The van der Waals surface area contributed by atoms with Crippen LogP contribution in [0.15, 0.2) is 36.7 Å². The maximum Gasteiger partial charge on any atom is 0.119 e. The molecule has 0 N–H and O–H groups in total. The van der Waals surface area contributed by atoms with Crippen molar-refractivity contribution in [3.05, 3.63) is 42.2 Å². The predicted molar refractivity (Wildman–Crippen MR) is 94.7 cm³/mol. The molecule has 0 saturated carbocycles. The SMILES string of the molecule is CCCN(Cc1cc(OC)ccc1-n1cccn1)C[C@@H]1CCCO1. The fourth-order valence-corrected chi connectivity index (χ4v) is 3.32. The lowest BCUT2D eigenvalue weighted by Crippen LogP contribution is -2.32. The van der Waals surface area contributed by atoms with Crippen molar-refractivity contribution in [3.8, 4) is 11.4 Å². The van der Waals surface area contributed by atoms with Crippen molar-refractivity contribution in [2.75, 3.05) is 26.8 Å². The van der Waals surface area contributed by atoms with Crippen molar-refractivity contribution in [2.24, 2.45) is 0 Å². The molecule has 0 spiro atoms. The Hall–Kier alpha value is -1.85. The van der Waals surface area contributed by atoms with E-state index < -0.39 is 0 Å². The molecule has 1 aliphatic heterocycles. The summed E-state index contributed by atoms with van der Waals surface area (Å²) < 4.78 is 13.2. The van der Waals surface area contributed by atoms with Crippen LogP contribution in [0.1, 0.15) is 31.7 Å². The minimum Gasteiger partial charge on any atom is -0.497 e. The zero-order valence-electron chi connectivity index (χ0n) is 14.6. The Labute approximate surface area is 144 Å². The minimum absolute atomic E-state index is 0.371. The largest absolute Gasteiger partial charge is 0.497 e. The van der Waals surface area contributed by atoms with Gasteiger partial charge in [0.15, 0.2) is 0 Å². The van der Waals surface area contributed by atoms with E-state index in [1.807, 2.05) is 29.2 Å². The molecule has 1 aromatic heterocycles. The standard InChI is InChI=1S/C19H27N3O2/c1-3-10-21(15-18-6-4-12-24-18)14-16-13-17(23-2)7-8-19(16)22-11-5-9-20-22/h5,7-9,11,13,18H,3-4,6,10,12,14-15H2,1-2H3/t18-/m0/s1. The summed E-state index contributed by atoms with van der Waals surface area (Å²) in [5.74, 6) is 0.884. The molecule has 0 bridgehead atoms. The molecule has 2 heterocycles. The van der Waals surface area contributed by atoms with E-state index in [9.17, 15) is 0 Å². The molecule has 0 amide bonds. The molecule has 0 radical (unpaired) electrons. The van der Waals surface area contributed by atoms with Gasteiger partial charge in [0.05, 0.1) is 18.9 Å². The van der Waals surface area contributed by atoms with Crippen molar-refractivity contribution in [1.29, 1.82) is 0 Å². The first-order chi connectivity index (χ1) is 11.8. The minimum atomic E-state index is 0.371. The van der Waals surface area contributed by atoms with E-state index in [1.54, 1.807) is 7.11 Å². The Bertz CT molecular complexity index is 622. The molecule has 5 heteroatoms. The molecule has 3 rings (SSSR count). The quantitative estimate of drug-likeness (QED) is 0.745. The van der Waals surface area contributed by atoms with Crippen molar-refractivity contribution < 1.29 is 9.47 Å². The number of aromatic nitrogens is 2. The van der Waals surface area contributed by atoms with Crippen molar-refractivity contribution in [1.82, 2.24) is 14.7 Å². The Morgan fingerprint density at radius 2 is 2.33 bits per heavy atom. The van der Waals surface area contributed by atoms with Crippen molar-refractivity contribution >= 4 is 0 Å². The van der Waals surface area contributed by atoms with Crippen LogP contribution >= 0.6 is 0 Å². The van der Waals surface area contributed by atoms with Crippen LogP contribution in [-0.4, -0.2) is 47.6 Å². The number of methoxy groups -OCH3 is 1. The van der Waals surface area contributed by atoms with Gasteiger partial charge in [-0.3, -0.25) is 4.90 Å². The summed E-state index contributed by atoms with van der Waals surface area (Å²) in [5.41, 5.74) is 2.33. The molecule has 0 unspecified atom stereocenters. The van der Waals surface area contributed by atoms with Gasteiger partial charge in [-0.25, -0.2) is 4.68 Å². The Balaban J connectivity index is 1.82. The Kier molecular flexibility index (Phi) is 5.88. The number of ether oxygens (including phenoxy) is 2. The van der Waals surface area contributed by atoms with Crippen LogP contribution in [0.25, 0.3) is 5.69 Å². The van der Waals surface area contributed by atoms with Gasteiger partial charge in [0.1, 0.15) is 5.75 Å². The lowest BCUT2D eigenvalue weighted by Gasteiger charge is -2.26. The highest BCUT2D eigenvalue weighted by molar-refractivity contribution is 5.45. The first-order valence-electron chi connectivity index (χ1n) is 8.81. The lowest BCUT2D eigenvalue weighted by molar-refractivity contribution is 0.0706. The van der Waals surface area contributed by atoms with Crippen LogP contribution < -0.4 is 4.74 Å². The smallest absolute Gasteiger partial charge is 0.119 e. The van der Waals surface area contributed by atoms with Gasteiger partial charge in [-0.05, 0) is 55.6 Å². The highest BCUT2D eigenvalue weighted by Gasteiger charge is 2.20. The zero-order valence-corrected chi connectivity index (χ0v) is 14.6. The molecule has 1 fully saturated rings. The Morgan fingerprint density at radius 1 is 1.42 bits per heavy atom. The summed E-state index contributed by atoms with van der Waals surface area (Å²) in [5, 5.41) is 4.39. The van der Waals surface area contributed by atoms with Crippen LogP contribution in [0.4, 0.5) is 0 Å². The number of nitrogens with zero attached hydrogens (tertiary/aromatic N) is 3. The predicted octanol–water partition coefficient (Wildman–Crippen LogP) is 3.27. The van der Waals surface area contributed by atoms with Gasteiger partial charge in [-0.2, -0.15) is 5.10 Å². The number of hydrogen-bond donors (Lipinski definition) is 0. The van der Waals surface area contributed by atoms with E-state index in [2.05, 4.69) is 29.1 Å². The topological polar surface area (TPSA) is 39.5 Å². The zero-order chi connectivity index (χ0) is 16.8. The summed E-state index contributed by atoms with van der Waals surface area (Å²) in [6, 6.07) is 8.14. The molecule has 0 aliphatic carbocycles. The highest BCUT2D eigenvalue weighted by atomic mass is 16.5. The first kappa shape index (κ1) is 17.0. The number of rotatable bonds is 8. The van der Waals surface area contributed by atoms with Crippen LogP contribution in [0, 0.1) is 0 Å². The van der Waals surface area contributed by atoms with Crippen LogP contribution in [0.3, 0.4) is 0 Å². The number of benzene rings is 1.